The summed E-state index contributed by atoms with van der Waals surface area (Å²) < 4.78 is 1.92. The topological polar surface area (TPSA) is 68.0 Å². The van der Waals surface area contributed by atoms with Crippen molar-refractivity contribution in [3.8, 4) is 0 Å². The van der Waals surface area contributed by atoms with Gasteiger partial charge in [-0.3, -0.25) is 10.1 Å². The molecule has 0 saturated carbocycles. The van der Waals surface area contributed by atoms with Crippen molar-refractivity contribution < 1.29 is 4.79 Å². The molecule has 0 atom stereocenters. The Hall–Kier alpha value is -2.15. The monoisotopic (exact) mass is 359 g/mol. The number of nitrogens with one attached hydrogen (secondary N) is 1. The molecule has 1 amide bonds. The summed E-state index contributed by atoms with van der Waals surface area (Å²) in [6.07, 6.45) is 0. The Morgan fingerprint density at radius 2 is 1.96 bits per heavy atom. The molecule has 0 aliphatic carbocycles. The lowest BCUT2D eigenvalue weighted by molar-refractivity contribution is 0.103. The maximum absolute atomic E-state index is 12.5. The lowest BCUT2D eigenvalue weighted by Crippen LogP contribution is -2.10. The molecule has 0 saturated heterocycles. The number of hydrogen-bond acceptors (Lipinski definition) is 5. The molecule has 4 aromatic rings. The number of hydrogen-bond donors (Lipinski definition) is 2. The van der Waals surface area contributed by atoms with Crippen LogP contribution < -0.4 is 11.1 Å². The van der Waals surface area contributed by atoms with Crippen molar-refractivity contribution >= 4 is 71.3 Å². The molecule has 2 aromatic carbocycles. The minimum atomic E-state index is -0.256. The summed E-state index contributed by atoms with van der Waals surface area (Å²) in [4.78, 5) is 17.4. The third kappa shape index (κ3) is 2.55. The Morgan fingerprint density at radius 3 is 2.78 bits per heavy atom. The maximum atomic E-state index is 12.5. The van der Waals surface area contributed by atoms with Crippen LogP contribution in [0.1, 0.15) is 9.67 Å². The molecule has 7 heteroatoms. The summed E-state index contributed by atoms with van der Waals surface area (Å²) >= 11 is 9.10. The number of para-hydroxylation sites is 1. The standard InChI is InChI=1S/C16H10ClN3OS2/c17-13-9-6-5-8(18)7-12(9)22-14(13)15(21)20-16-19-10-3-1-2-4-11(10)23-16/h1-7H,18H2,(H,19,20,21). The summed E-state index contributed by atoms with van der Waals surface area (Å²) in [5.41, 5.74) is 7.29. The van der Waals surface area contributed by atoms with Crippen molar-refractivity contribution in [3.63, 3.8) is 0 Å². The van der Waals surface area contributed by atoms with Gasteiger partial charge < -0.3 is 5.73 Å². The number of thiophene rings is 1. The summed E-state index contributed by atoms with van der Waals surface area (Å²) in [6.45, 7) is 0. The predicted molar refractivity (Wildman–Crippen MR) is 98.8 cm³/mol. The molecular formula is C16H10ClN3OS2. The number of carbonyl (C=O) groups is 1. The van der Waals surface area contributed by atoms with Gasteiger partial charge in [0.25, 0.3) is 5.91 Å². The number of thiazole rings is 1. The third-order valence-electron chi connectivity index (χ3n) is 3.37. The van der Waals surface area contributed by atoms with Crippen LogP contribution in [0, 0.1) is 0 Å². The molecule has 0 aliphatic heterocycles. The number of rotatable bonds is 2. The number of fused-ring (bicyclic) bond motifs is 2. The fourth-order valence-corrected chi connectivity index (χ4v) is 4.63. The molecule has 2 heterocycles. The van der Waals surface area contributed by atoms with Crippen molar-refractivity contribution in [2.75, 3.05) is 11.1 Å². The van der Waals surface area contributed by atoms with Gasteiger partial charge >= 0.3 is 0 Å². The first-order chi connectivity index (χ1) is 11.1. The number of amides is 1. The van der Waals surface area contributed by atoms with Gasteiger partial charge in [0.2, 0.25) is 0 Å². The number of nitrogens with two attached hydrogens (primary N) is 1. The van der Waals surface area contributed by atoms with Gasteiger partial charge in [0.1, 0.15) is 4.88 Å². The molecule has 0 fully saturated rings. The Balaban J connectivity index is 1.70. The second kappa shape index (κ2) is 5.49. The summed E-state index contributed by atoms with van der Waals surface area (Å²) in [5.74, 6) is -0.256. The summed E-state index contributed by atoms with van der Waals surface area (Å²) in [7, 11) is 0. The first kappa shape index (κ1) is 14.4. The van der Waals surface area contributed by atoms with Crippen LogP contribution in [0.15, 0.2) is 42.5 Å². The molecule has 4 nitrogen and oxygen atoms in total. The van der Waals surface area contributed by atoms with E-state index in [0.29, 0.717) is 20.7 Å². The van der Waals surface area contributed by atoms with Gasteiger partial charge in [-0.05, 0) is 30.3 Å². The van der Waals surface area contributed by atoms with Crippen molar-refractivity contribution in [1.29, 1.82) is 0 Å². The highest BCUT2D eigenvalue weighted by atomic mass is 35.5. The lowest BCUT2D eigenvalue weighted by atomic mass is 10.2. The highest BCUT2D eigenvalue weighted by Gasteiger charge is 2.18. The molecule has 23 heavy (non-hydrogen) atoms. The average molecular weight is 360 g/mol. The fourth-order valence-electron chi connectivity index (χ4n) is 2.31. The van der Waals surface area contributed by atoms with Crippen molar-refractivity contribution in [3.05, 3.63) is 52.4 Å². The lowest BCUT2D eigenvalue weighted by Gasteiger charge is -1.98. The van der Waals surface area contributed by atoms with E-state index < -0.39 is 0 Å². The number of aromatic nitrogens is 1. The highest BCUT2D eigenvalue weighted by Crippen LogP contribution is 2.37. The zero-order chi connectivity index (χ0) is 16.0. The van der Waals surface area contributed by atoms with Gasteiger partial charge in [-0.2, -0.15) is 0 Å². The van der Waals surface area contributed by atoms with Crippen molar-refractivity contribution in [1.82, 2.24) is 4.98 Å². The number of nitrogens with zero attached hydrogens (tertiary/aromatic N) is 1. The molecule has 0 unspecified atom stereocenters. The molecular weight excluding hydrogens is 350 g/mol. The Kier molecular flexibility index (Phi) is 3.45. The van der Waals surface area contributed by atoms with E-state index >= 15 is 0 Å². The Bertz CT molecular complexity index is 1020. The van der Waals surface area contributed by atoms with E-state index in [0.717, 1.165) is 20.3 Å². The highest BCUT2D eigenvalue weighted by molar-refractivity contribution is 7.23. The SMILES string of the molecule is Nc1ccc2c(Cl)c(C(=O)Nc3nc4ccccc4s3)sc2c1. The number of anilines is 2. The van der Waals surface area contributed by atoms with E-state index in [4.69, 9.17) is 17.3 Å². The normalized spacial score (nSPS) is 11.2. The Morgan fingerprint density at radius 1 is 1.13 bits per heavy atom. The van der Waals surface area contributed by atoms with E-state index in [1.165, 1.54) is 22.7 Å². The minimum absolute atomic E-state index is 0.256. The number of benzene rings is 2. The van der Waals surface area contributed by atoms with Crippen LogP contribution >= 0.6 is 34.3 Å². The van der Waals surface area contributed by atoms with Crippen LogP contribution in [0.4, 0.5) is 10.8 Å². The Labute approximate surface area is 144 Å². The molecule has 0 bridgehead atoms. The average Bonchev–Trinajstić information content (AvgIpc) is 3.07. The van der Waals surface area contributed by atoms with Gasteiger partial charge in [0.05, 0.1) is 15.2 Å². The fraction of sp³-hybridized carbons (Fsp3) is 0. The summed E-state index contributed by atoms with van der Waals surface area (Å²) in [6, 6.07) is 13.2. The first-order valence-electron chi connectivity index (χ1n) is 6.76. The van der Waals surface area contributed by atoms with E-state index in [9.17, 15) is 4.79 Å². The minimum Gasteiger partial charge on any atom is -0.399 e. The molecule has 3 N–H and O–H groups in total. The van der Waals surface area contributed by atoms with Crippen LogP contribution in [-0.4, -0.2) is 10.9 Å². The van der Waals surface area contributed by atoms with E-state index in [2.05, 4.69) is 10.3 Å². The van der Waals surface area contributed by atoms with Gasteiger partial charge in [0.15, 0.2) is 5.13 Å². The molecule has 0 aliphatic rings. The number of carbonyl (C=O) groups excluding carboxylic acids is 1. The van der Waals surface area contributed by atoms with E-state index in [1.807, 2.05) is 36.4 Å². The van der Waals surface area contributed by atoms with Crippen LogP contribution in [0.25, 0.3) is 20.3 Å². The quantitative estimate of drug-likeness (QED) is 0.495. The molecule has 4 rings (SSSR count). The zero-order valence-corrected chi connectivity index (χ0v) is 14.1. The number of halogens is 1. The smallest absolute Gasteiger partial charge is 0.269 e. The molecule has 114 valence electrons. The van der Waals surface area contributed by atoms with Gasteiger partial charge in [-0.25, -0.2) is 4.98 Å². The van der Waals surface area contributed by atoms with Gasteiger partial charge in [-0.15, -0.1) is 11.3 Å². The zero-order valence-electron chi connectivity index (χ0n) is 11.7. The number of nitrogen functional groups attached to an aromatic ring is 1. The third-order valence-corrected chi connectivity index (χ3v) is 5.98. The predicted octanol–water partition coefficient (Wildman–Crippen LogP) is 5.00. The van der Waals surface area contributed by atoms with Crippen LogP contribution in [0.5, 0.6) is 0 Å². The second-order valence-corrected chi connectivity index (χ2v) is 7.40. The molecule has 2 aromatic heterocycles. The van der Waals surface area contributed by atoms with E-state index in [1.54, 1.807) is 6.07 Å². The van der Waals surface area contributed by atoms with E-state index in [-0.39, 0.29) is 5.91 Å². The van der Waals surface area contributed by atoms with Crippen molar-refractivity contribution in [2.24, 2.45) is 0 Å². The van der Waals surface area contributed by atoms with Gasteiger partial charge in [0, 0.05) is 15.8 Å². The largest absolute Gasteiger partial charge is 0.399 e. The maximum Gasteiger partial charge on any atom is 0.269 e. The van der Waals surface area contributed by atoms with Crippen LogP contribution in [-0.2, 0) is 0 Å². The van der Waals surface area contributed by atoms with Crippen LogP contribution in [0.2, 0.25) is 5.02 Å². The molecule has 0 spiro atoms. The second-order valence-electron chi connectivity index (χ2n) is 4.94. The van der Waals surface area contributed by atoms with Crippen LogP contribution in [0.3, 0.4) is 0 Å². The summed E-state index contributed by atoms with van der Waals surface area (Å²) in [5, 5.41) is 4.67. The van der Waals surface area contributed by atoms with Crippen molar-refractivity contribution in [2.45, 2.75) is 0 Å². The first-order valence-corrected chi connectivity index (χ1v) is 8.77. The molecule has 0 radical (unpaired) electrons. The van der Waals surface area contributed by atoms with Gasteiger partial charge in [-0.1, -0.05) is 35.1 Å².